The van der Waals surface area contributed by atoms with E-state index in [-0.39, 0.29) is 6.04 Å². The Balaban J connectivity index is 1.96. The van der Waals surface area contributed by atoms with E-state index >= 15 is 0 Å². The third kappa shape index (κ3) is 5.46. The molecule has 0 aromatic heterocycles. The van der Waals surface area contributed by atoms with Crippen LogP contribution in [0.15, 0.2) is 24.3 Å². The van der Waals surface area contributed by atoms with Crippen molar-refractivity contribution < 1.29 is 14.2 Å². The van der Waals surface area contributed by atoms with E-state index < -0.39 is 0 Å². The first kappa shape index (κ1) is 23.7. The summed E-state index contributed by atoms with van der Waals surface area (Å²) in [6.45, 7) is 13.4. The van der Waals surface area contributed by atoms with Crippen LogP contribution in [0.5, 0.6) is 17.2 Å². The lowest BCUT2D eigenvalue weighted by molar-refractivity contribution is 0.217. The third-order valence-corrected chi connectivity index (χ3v) is 6.35. The molecule has 0 spiro atoms. The van der Waals surface area contributed by atoms with Crippen LogP contribution in [-0.2, 0) is 6.42 Å². The Kier molecular flexibility index (Phi) is 8.47. The Labute approximate surface area is 191 Å². The maximum absolute atomic E-state index is 6.50. The first-order chi connectivity index (χ1) is 15.0. The van der Waals surface area contributed by atoms with Gasteiger partial charge in [-0.2, -0.15) is 0 Å². The number of halogens is 1. The molecule has 1 aliphatic heterocycles. The van der Waals surface area contributed by atoms with Crippen LogP contribution in [0, 0.1) is 6.92 Å². The summed E-state index contributed by atoms with van der Waals surface area (Å²) >= 11 is 6.50. The molecule has 0 saturated heterocycles. The summed E-state index contributed by atoms with van der Waals surface area (Å²) in [5.74, 6) is 2.43. The number of benzene rings is 2. The van der Waals surface area contributed by atoms with Gasteiger partial charge in [0, 0.05) is 23.7 Å². The summed E-state index contributed by atoms with van der Waals surface area (Å²) in [5, 5.41) is 4.40. The summed E-state index contributed by atoms with van der Waals surface area (Å²) in [5.41, 5.74) is 4.51. The molecule has 2 aromatic rings. The number of fused-ring (bicyclic) bond motifs is 1. The zero-order valence-corrected chi connectivity index (χ0v) is 20.1. The monoisotopic (exact) mass is 446 g/mol. The van der Waals surface area contributed by atoms with Crippen molar-refractivity contribution in [2.75, 3.05) is 46.5 Å². The molecule has 5 nitrogen and oxygen atoms in total. The number of hydrogen-bond donors (Lipinski definition) is 1. The Morgan fingerprint density at radius 2 is 1.77 bits per heavy atom. The number of aryl methyl sites for hydroxylation is 1. The van der Waals surface area contributed by atoms with Crippen molar-refractivity contribution in [3.8, 4) is 17.2 Å². The molecular formula is C25H35ClN2O3. The number of nitrogens with one attached hydrogen (secondary N) is 1. The van der Waals surface area contributed by atoms with Crippen LogP contribution in [0.3, 0.4) is 0 Å². The smallest absolute Gasteiger partial charge is 0.161 e. The van der Waals surface area contributed by atoms with E-state index in [1.807, 2.05) is 26.0 Å². The maximum Gasteiger partial charge on any atom is 0.161 e. The molecule has 31 heavy (non-hydrogen) atoms. The van der Waals surface area contributed by atoms with Crippen molar-refractivity contribution >= 4 is 11.6 Å². The number of ether oxygens (including phenoxy) is 3. The van der Waals surface area contributed by atoms with Crippen molar-refractivity contribution in [1.82, 2.24) is 10.2 Å². The number of likely N-dealkylation sites (N-methyl/N-ethyl adjacent to an activating group) is 1. The zero-order chi connectivity index (χ0) is 22.4. The molecule has 1 unspecified atom stereocenters. The summed E-state index contributed by atoms with van der Waals surface area (Å²) in [7, 11) is 1.70. The summed E-state index contributed by atoms with van der Waals surface area (Å²) in [6, 6.07) is 8.28. The topological polar surface area (TPSA) is 43.0 Å². The lowest BCUT2D eigenvalue weighted by atomic mass is 9.88. The lowest BCUT2D eigenvalue weighted by Gasteiger charge is -2.30. The standard InChI is InChI=1S/C25H35ClN2O3/c1-6-28(7-2)11-12-31-24-16-19-18(14-23(24)29-5)9-10-27-25(19)20-15-21(26)17(4)13-22(20)30-8-3/h13-16,25,27H,6-12H2,1-5H3. The second-order valence-corrected chi connectivity index (χ2v) is 8.19. The second kappa shape index (κ2) is 11.1. The minimum absolute atomic E-state index is 0.0144. The SMILES string of the molecule is CCOc1cc(C)c(Cl)cc1C1NCCc2cc(OC)c(OCCN(CC)CC)cc21. The summed E-state index contributed by atoms with van der Waals surface area (Å²) in [6.07, 6.45) is 0.936. The zero-order valence-electron chi connectivity index (χ0n) is 19.4. The van der Waals surface area contributed by atoms with Crippen molar-refractivity contribution in [3.05, 3.63) is 51.5 Å². The number of rotatable bonds is 10. The fraction of sp³-hybridized carbons (Fsp3) is 0.520. The number of nitrogens with zero attached hydrogens (tertiary/aromatic N) is 1. The molecule has 0 fully saturated rings. The minimum atomic E-state index is -0.0144. The summed E-state index contributed by atoms with van der Waals surface area (Å²) < 4.78 is 17.8. The van der Waals surface area contributed by atoms with E-state index in [2.05, 4.69) is 36.2 Å². The van der Waals surface area contributed by atoms with Crippen molar-refractivity contribution in [1.29, 1.82) is 0 Å². The first-order valence-corrected chi connectivity index (χ1v) is 11.6. The average Bonchev–Trinajstić information content (AvgIpc) is 2.78. The van der Waals surface area contributed by atoms with Crippen LogP contribution >= 0.6 is 11.6 Å². The molecule has 1 aliphatic rings. The quantitative estimate of drug-likeness (QED) is 0.555. The molecule has 1 N–H and O–H groups in total. The summed E-state index contributed by atoms with van der Waals surface area (Å²) in [4.78, 5) is 2.35. The predicted octanol–water partition coefficient (Wildman–Crippen LogP) is 5.01. The van der Waals surface area contributed by atoms with Gasteiger partial charge in [0.2, 0.25) is 0 Å². The van der Waals surface area contributed by atoms with Gasteiger partial charge in [0.25, 0.3) is 0 Å². The number of hydrogen-bond acceptors (Lipinski definition) is 5. The van der Waals surface area contributed by atoms with Gasteiger partial charge >= 0.3 is 0 Å². The van der Waals surface area contributed by atoms with E-state index in [9.17, 15) is 0 Å². The van der Waals surface area contributed by atoms with Crippen LogP contribution in [-0.4, -0.2) is 51.4 Å². The molecule has 0 radical (unpaired) electrons. The first-order valence-electron chi connectivity index (χ1n) is 11.2. The number of methoxy groups -OCH3 is 1. The van der Waals surface area contributed by atoms with Crippen LogP contribution in [0.25, 0.3) is 0 Å². The van der Waals surface area contributed by atoms with Crippen LogP contribution in [0.4, 0.5) is 0 Å². The molecule has 170 valence electrons. The average molecular weight is 447 g/mol. The fourth-order valence-corrected chi connectivity index (χ4v) is 4.29. The molecule has 2 aromatic carbocycles. The van der Waals surface area contributed by atoms with Crippen LogP contribution in [0.2, 0.25) is 5.02 Å². The lowest BCUT2D eigenvalue weighted by Crippen LogP contribution is -2.31. The highest BCUT2D eigenvalue weighted by molar-refractivity contribution is 6.31. The molecular weight excluding hydrogens is 412 g/mol. The van der Waals surface area contributed by atoms with Gasteiger partial charge in [0.1, 0.15) is 12.4 Å². The molecule has 6 heteroatoms. The minimum Gasteiger partial charge on any atom is -0.494 e. The third-order valence-electron chi connectivity index (χ3n) is 5.94. The van der Waals surface area contributed by atoms with Gasteiger partial charge in [-0.1, -0.05) is 25.4 Å². The molecule has 0 saturated carbocycles. The van der Waals surface area contributed by atoms with Gasteiger partial charge in [-0.05, 0) is 74.3 Å². The normalized spacial score (nSPS) is 15.6. The highest BCUT2D eigenvalue weighted by Gasteiger charge is 2.27. The van der Waals surface area contributed by atoms with E-state index in [0.29, 0.717) is 13.2 Å². The Bertz CT molecular complexity index is 884. The van der Waals surface area contributed by atoms with Crippen molar-refractivity contribution in [2.24, 2.45) is 0 Å². The van der Waals surface area contributed by atoms with Gasteiger partial charge < -0.3 is 24.4 Å². The Morgan fingerprint density at radius 1 is 1.00 bits per heavy atom. The molecule has 0 amide bonds. The maximum atomic E-state index is 6.50. The van der Waals surface area contributed by atoms with E-state index in [1.54, 1.807) is 7.11 Å². The molecule has 0 aliphatic carbocycles. The van der Waals surface area contributed by atoms with Crippen LogP contribution in [0.1, 0.15) is 49.1 Å². The van der Waals surface area contributed by atoms with Gasteiger partial charge in [-0.15, -0.1) is 0 Å². The highest BCUT2D eigenvalue weighted by atomic mass is 35.5. The Hall–Kier alpha value is -1.95. The largest absolute Gasteiger partial charge is 0.494 e. The van der Waals surface area contributed by atoms with E-state index in [0.717, 1.165) is 66.0 Å². The fourth-order valence-electron chi connectivity index (χ4n) is 4.11. The highest BCUT2D eigenvalue weighted by Crippen LogP contribution is 2.41. The van der Waals surface area contributed by atoms with E-state index in [4.69, 9.17) is 25.8 Å². The second-order valence-electron chi connectivity index (χ2n) is 7.79. The van der Waals surface area contributed by atoms with Crippen molar-refractivity contribution in [3.63, 3.8) is 0 Å². The molecule has 1 atom stereocenters. The van der Waals surface area contributed by atoms with Gasteiger partial charge in [0.15, 0.2) is 11.5 Å². The van der Waals surface area contributed by atoms with E-state index in [1.165, 1.54) is 11.1 Å². The van der Waals surface area contributed by atoms with Gasteiger partial charge in [0.05, 0.1) is 19.8 Å². The Morgan fingerprint density at radius 3 is 2.45 bits per heavy atom. The van der Waals surface area contributed by atoms with Crippen LogP contribution < -0.4 is 19.5 Å². The molecule has 3 rings (SSSR count). The molecule has 1 heterocycles. The van der Waals surface area contributed by atoms with Gasteiger partial charge in [-0.25, -0.2) is 0 Å². The molecule has 0 bridgehead atoms. The van der Waals surface area contributed by atoms with Gasteiger partial charge in [-0.3, -0.25) is 0 Å². The van der Waals surface area contributed by atoms with Crippen molar-refractivity contribution in [2.45, 2.75) is 40.2 Å². The predicted molar refractivity (Wildman–Crippen MR) is 127 cm³/mol.